The molecule has 2 rings (SSSR count). The van der Waals surface area contributed by atoms with Crippen LogP contribution in [0.3, 0.4) is 0 Å². The molecule has 0 aliphatic heterocycles. The minimum absolute atomic E-state index is 0.688. The lowest BCUT2D eigenvalue weighted by Crippen LogP contribution is -2.02. The smallest absolute Gasteiger partial charge is 0.150 e. The summed E-state index contributed by atoms with van der Waals surface area (Å²) in [6.45, 7) is 0. The van der Waals surface area contributed by atoms with Crippen molar-refractivity contribution >= 4 is 17.2 Å². The Morgan fingerprint density at radius 1 is 1.38 bits per heavy atom. The molecule has 0 radical (unpaired) electrons. The lowest BCUT2D eigenvalue weighted by molar-refractivity contribution is 0.112. The molecule has 66 valence electrons. The number of carbonyl (C=O) groups excluding carboxylic acids is 1. The van der Waals surface area contributed by atoms with Gasteiger partial charge in [-0.05, 0) is 12.1 Å². The number of nitrogens with zero attached hydrogens (tertiary/aromatic N) is 1. The number of aromatic nitrogens is 1. The molecule has 1 aromatic heterocycles. The number of fused-ring (bicyclic) bond motifs is 1. The Kier molecular flexibility index (Phi) is 1.77. The van der Waals surface area contributed by atoms with Crippen molar-refractivity contribution in [1.82, 2.24) is 4.73 Å². The summed E-state index contributed by atoms with van der Waals surface area (Å²) in [6.07, 6.45) is 2.64. The van der Waals surface area contributed by atoms with E-state index in [2.05, 4.69) is 0 Å². The van der Waals surface area contributed by atoms with Crippen LogP contribution in [0.1, 0.15) is 10.4 Å². The Bertz CT molecular complexity index is 445. The van der Waals surface area contributed by atoms with Crippen LogP contribution in [0.25, 0.3) is 10.9 Å². The maximum atomic E-state index is 10.7. The first-order chi connectivity index (χ1) is 6.36. The van der Waals surface area contributed by atoms with E-state index in [1.54, 1.807) is 24.1 Å². The highest BCUT2D eigenvalue weighted by atomic mass is 16.6. The zero-order valence-electron chi connectivity index (χ0n) is 7.23. The highest BCUT2D eigenvalue weighted by Crippen LogP contribution is 2.17. The van der Waals surface area contributed by atoms with Crippen LogP contribution in [0.5, 0.6) is 0 Å². The van der Waals surface area contributed by atoms with Gasteiger partial charge < -0.3 is 4.84 Å². The summed E-state index contributed by atoms with van der Waals surface area (Å²) in [6, 6.07) is 7.39. The molecule has 1 aromatic carbocycles. The molecule has 1 heterocycles. The summed E-state index contributed by atoms with van der Waals surface area (Å²) >= 11 is 0. The summed E-state index contributed by atoms with van der Waals surface area (Å²) < 4.78 is 1.63. The van der Waals surface area contributed by atoms with Gasteiger partial charge in [-0.2, -0.15) is 4.73 Å². The van der Waals surface area contributed by atoms with Gasteiger partial charge in [-0.1, -0.05) is 12.1 Å². The van der Waals surface area contributed by atoms with Crippen molar-refractivity contribution in [2.75, 3.05) is 7.11 Å². The van der Waals surface area contributed by atoms with E-state index < -0.39 is 0 Å². The third-order valence-corrected chi connectivity index (χ3v) is 2.05. The molecule has 0 bridgehead atoms. The highest BCUT2D eigenvalue weighted by molar-refractivity contribution is 5.96. The largest absolute Gasteiger partial charge is 0.417 e. The van der Waals surface area contributed by atoms with Crippen molar-refractivity contribution in [3.05, 3.63) is 36.0 Å². The fourth-order valence-electron chi connectivity index (χ4n) is 1.43. The lowest BCUT2D eigenvalue weighted by Gasteiger charge is -2.01. The zero-order valence-corrected chi connectivity index (χ0v) is 7.23. The summed E-state index contributed by atoms with van der Waals surface area (Å²) in [5.74, 6) is 0. The number of aldehydes is 1. The van der Waals surface area contributed by atoms with Gasteiger partial charge in [0.1, 0.15) is 7.11 Å². The first-order valence-corrected chi connectivity index (χ1v) is 3.96. The van der Waals surface area contributed by atoms with Crippen LogP contribution in [0.2, 0.25) is 0 Å². The first kappa shape index (κ1) is 7.86. The third-order valence-electron chi connectivity index (χ3n) is 2.05. The van der Waals surface area contributed by atoms with Gasteiger partial charge >= 0.3 is 0 Å². The molecule has 0 atom stereocenters. The molecular weight excluding hydrogens is 166 g/mol. The average molecular weight is 175 g/mol. The van der Waals surface area contributed by atoms with Gasteiger partial charge in [-0.25, -0.2) is 0 Å². The number of carbonyl (C=O) groups is 1. The fourth-order valence-corrected chi connectivity index (χ4v) is 1.43. The number of hydrogen-bond donors (Lipinski definition) is 0. The predicted molar refractivity (Wildman–Crippen MR) is 49.8 cm³/mol. The molecule has 0 aliphatic rings. The summed E-state index contributed by atoms with van der Waals surface area (Å²) in [5.41, 5.74) is 1.60. The molecular formula is C10H9NO2. The van der Waals surface area contributed by atoms with Crippen molar-refractivity contribution < 1.29 is 9.63 Å². The van der Waals surface area contributed by atoms with Crippen LogP contribution in [0.15, 0.2) is 30.5 Å². The van der Waals surface area contributed by atoms with E-state index in [4.69, 9.17) is 4.84 Å². The minimum atomic E-state index is 0.688. The SMILES string of the molecule is COn1ccc2c(C=O)cccc21. The standard InChI is InChI=1S/C10H9NO2/c1-13-11-6-5-9-8(7-12)3-2-4-10(9)11/h2-7H,1H3. The Labute approximate surface area is 75.5 Å². The second kappa shape index (κ2) is 2.94. The molecule has 0 spiro atoms. The normalized spacial score (nSPS) is 10.2. The Morgan fingerprint density at radius 2 is 2.23 bits per heavy atom. The van der Waals surface area contributed by atoms with Crippen LogP contribution >= 0.6 is 0 Å². The van der Waals surface area contributed by atoms with Crippen LogP contribution in [-0.2, 0) is 0 Å². The van der Waals surface area contributed by atoms with E-state index in [0.29, 0.717) is 5.56 Å². The summed E-state index contributed by atoms with van der Waals surface area (Å²) in [5, 5.41) is 0.916. The van der Waals surface area contributed by atoms with Gasteiger partial charge in [0.15, 0.2) is 6.29 Å². The van der Waals surface area contributed by atoms with Crippen molar-refractivity contribution in [2.45, 2.75) is 0 Å². The van der Waals surface area contributed by atoms with Gasteiger partial charge in [0, 0.05) is 17.1 Å². The second-order valence-corrected chi connectivity index (χ2v) is 2.72. The van der Waals surface area contributed by atoms with E-state index in [9.17, 15) is 4.79 Å². The van der Waals surface area contributed by atoms with Crippen LogP contribution in [-0.4, -0.2) is 18.1 Å². The van der Waals surface area contributed by atoms with Gasteiger partial charge in [0.05, 0.1) is 5.52 Å². The van der Waals surface area contributed by atoms with E-state index in [1.807, 2.05) is 18.2 Å². The topological polar surface area (TPSA) is 31.2 Å². The maximum absolute atomic E-state index is 10.7. The molecule has 0 amide bonds. The van der Waals surface area contributed by atoms with Crippen LogP contribution in [0.4, 0.5) is 0 Å². The van der Waals surface area contributed by atoms with Gasteiger partial charge in [0.25, 0.3) is 0 Å². The summed E-state index contributed by atoms with van der Waals surface area (Å²) in [4.78, 5) is 15.7. The van der Waals surface area contributed by atoms with E-state index in [0.717, 1.165) is 17.2 Å². The van der Waals surface area contributed by atoms with Crippen molar-refractivity contribution in [2.24, 2.45) is 0 Å². The Balaban J connectivity index is 2.79. The van der Waals surface area contributed by atoms with E-state index in [1.165, 1.54) is 0 Å². The summed E-state index contributed by atoms with van der Waals surface area (Å²) in [7, 11) is 1.59. The van der Waals surface area contributed by atoms with Gasteiger partial charge in [-0.15, -0.1) is 0 Å². The van der Waals surface area contributed by atoms with Crippen molar-refractivity contribution in [1.29, 1.82) is 0 Å². The molecule has 3 nitrogen and oxygen atoms in total. The van der Waals surface area contributed by atoms with Crippen LogP contribution in [0, 0.1) is 0 Å². The number of hydrogen-bond acceptors (Lipinski definition) is 2. The molecule has 0 unspecified atom stereocenters. The molecule has 13 heavy (non-hydrogen) atoms. The quantitative estimate of drug-likeness (QED) is 0.648. The Morgan fingerprint density at radius 3 is 2.92 bits per heavy atom. The third kappa shape index (κ3) is 1.09. The molecule has 2 aromatic rings. The molecule has 0 aliphatic carbocycles. The molecule has 3 heteroatoms. The molecule has 0 N–H and O–H groups in total. The monoisotopic (exact) mass is 175 g/mol. The van der Waals surface area contributed by atoms with E-state index >= 15 is 0 Å². The van der Waals surface area contributed by atoms with E-state index in [-0.39, 0.29) is 0 Å². The lowest BCUT2D eigenvalue weighted by atomic mass is 10.1. The molecule has 0 saturated carbocycles. The number of benzene rings is 1. The number of rotatable bonds is 2. The second-order valence-electron chi connectivity index (χ2n) is 2.72. The Hall–Kier alpha value is -1.77. The highest BCUT2D eigenvalue weighted by Gasteiger charge is 2.03. The minimum Gasteiger partial charge on any atom is -0.417 e. The average Bonchev–Trinajstić information content (AvgIpc) is 2.60. The zero-order chi connectivity index (χ0) is 9.26. The van der Waals surface area contributed by atoms with Crippen molar-refractivity contribution in [3.63, 3.8) is 0 Å². The fraction of sp³-hybridized carbons (Fsp3) is 0.100. The predicted octanol–water partition coefficient (Wildman–Crippen LogP) is 1.51. The van der Waals surface area contributed by atoms with Crippen LogP contribution < -0.4 is 4.84 Å². The maximum Gasteiger partial charge on any atom is 0.150 e. The first-order valence-electron chi connectivity index (χ1n) is 3.96. The van der Waals surface area contributed by atoms with Gasteiger partial charge in [0.2, 0.25) is 0 Å². The molecule has 0 saturated heterocycles. The molecule has 0 fully saturated rings. The van der Waals surface area contributed by atoms with Crippen molar-refractivity contribution in [3.8, 4) is 0 Å². The van der Waals surface area contributed by atoms with Gasteiger partial charge in [-0.3, -0.25) is 4.79 Å².